The lowest BCUT2D eigenvalue weighted by Crippen LogP contribution is -2.35. The number of hydrogen-bond donors (Lipinski definition) is 2. The second kappa shape index (κ2) is 7.40. The van der Waals surface area contributed by atoms with Crippen molar-refractivity contribution in [2.24, 2.45) is 5.84 Å². The van der Waals surface area contributed by atoms with Crippen LogP contribution in [-0.2, 0) is 10.0 Å². The minimum Gasteiger partial charge on any atom is -0.310 e. The molecule has 120 valence electrons. The Morgan fingerprint density at radius 2 is 2.24 bits per heavy atom. The van der Waals surface area contributed by atoms with E-state index in [2.05, 4.69) is 5.43 Å². The molecule has 1 heterocycles. The zero-order valence-electron chi connectivity index (χ0n) is 11.9. The first-order chi connectivity index (χ1) is 9.75. The molecule has 0 bridgehead atoms. The van der Waals surface area contributed by atoms with Gasteiger partial charge >= 0.3 is 5.69 Å². The van der Waals surface area contributed by atoms with Crippen LogP contribution in [0.5, 0.6) is 0 Å². The third-order valence-corrected chi connectivity index (χ3v) is 7.13. The predicted octanol–water partition coefficient (Wildman–Crippen LogP) is 1.70. The molecule has 1 aromatic heterocycles. The molecular formula is C10H18N4O4S3. The van der Waals surface area contributed by atoms with E-state index in [-0.39, 0.29) is 20.9 Å². The zero-order valence-corrected chi connectivity index (χ0v) is 14.3. The first kappa shape index (κ1) is 18.2. The van der Waals surface area contributed by atoms with Crippen LogP contribution in [0.2, 0.25) is 0 Å². The molecule has 0 amide bonds. The highest BCUT2D eigenvalue weighted by molar-refractivity contribution is 7.98. The molecule has 1 aromatic rings. The number of sulfonamides is 1. The maximum Gasteiger partial charge on any atom is 0.306 e. The smallest absolute Gasteiger partial charge is 0.306 e. The van der Waals surface area contributed by atoms with Gasteiger partial charge in [-0.25, -0.2) is 14.3 Å². The molecule has 0 aliphatic carbocycles. The number of thiophene rings is 1. The van der Waals surface area contributed by atoms with Crippen LogP contribution >= 0.6 is 23.1 Å². The summed E-state index contributed by atoms with van der Waals surface area (Å²) in [6.07, 6.45) is 2.65. The lowest BCUT2D eigenvalue weighted by Gasteiger charge is -2.23. The van der Waals surface area contributed by atoms with E-state index in [9.17, 15) is 18.5 Å². The fraction of sp³-hybridized carbons (Fsp3) is 0.600. The van der Waals surface area contributed by atoms with Crippen molar-refractivity contribution >= 4 is 43.8 Å². The van der Waals surface area contributed by atoms with E-state index in [1.54, 1.807) is 18.7 Å². The van der Waals surface area contributed by atoms with Crippen molar-refractivity contribution in [3.05, 3.63) is 16.2 Å². The SMILES string of the molecule is CSCCC(C)N(C)S(=O)(=O)c1cc([N+](=O)[O-])c(NN)s1. The molecule has 11 heteroatoms. The van der Waals surface area contributed by atoms with Crippen LogP contribution in [0.4, 0.5) is 10.7 Å². The van der Waals surface area contributed by atoms with Crippen molar-refractivity contribution in [2.45, 2.75) is 23.6 Å². The number of thioether (sulfide) groups is 1. The summed E-state index contributed by atoms with van der Waals surface area (Å²) < 4.78 is 26.1. The van der Waals surface area contributed by atoms with Gasteiger partial charge in [0.05, 0.1) is 4.92 Å². The van der Waals surface area contributed by atoms with Crippen molar-refractivity contribution in [2.75, 3.05) is 24.5 Å². The highest BCUT2D eigenvalue weighted by Gasteiger charge is 2.31. The van der Waals surface area contributed by atoms with Gasteiger partial charge in [0.15, 0.2) is 5.00 Å². The number of hydrogen-bond acceptors (Lipinski definition) is 8. The molecule has 1 rings (SSSR count). The van der Waals surface area contributed by atoms with E-state index < -0.39 is 14.9 Å². The highest BCUT2D eigenvalue weighted by atomic mass is 32.2. The Morgan fingerprint density at radius 3 is 2.67 bits per heavy atom. The number of nitro groups is 1. The van der Waals surface area contributed by atoms with Crippen molar-refractivity contribution in [3.63, 3.8) is 0 Å². The fourth-order valence-corrected chi connectivity index (χ4v) is 4.97. The first-order valence-electron chi connectivity index (χ1n) is 5.97. The van der Waals surface area contributed by atoms with Crippen LogP contribution in [0.25, 0.3) is 0 Å². The summed E-state index contributed by atoms with van der Waals surface area (Å²) in [4.78, 5) is 10.2. The van der Waals surface area contributed by atoms with Crippen LogP contribution in [-0.4, -0.2) is 42.7 Å². The van der Waals surface area contributed by atoms with Crippen LogP contribution in [0.3, 0.4) is 0 Å². The number of anilines is 1. The van der Waals surface area contributed by atoms with Gasteiger partial charge in [-0.05, 0) is 25.4 Å². The number of nitrogens with zero attached hydrogens (tertiary/aromatic N) is 2. The Labute approximate surface area is 131 Å². The van der Waals surface area contributed by atoms with Crippen molar-refractivity contribution in [1.82, 2.24) is 4.31 Å². The molecule has 3 N–H and O–H groups in total. The van der Waals surface area contributed by atoms with Gasteiger partial charge in [0.2, 0.25) is 0 Å². The topological polar surface area (TPSA) is 119 Å². The molecule has 0 saturated heterocycles. The van der Waals surface area contributed by atoms with Gasteiger partial charge in [0, 0.05) is 19.2 Å². The molecule has 1 atom stereocenters. The third-order valence-electron chi connectivity index (χ3n) is 3.01. The Morgan fingerprint density at radius 1 is 1.62 bits per heavy atom. The monoisotopic (exact) mass is 354 g/mol. The lowest BCUT2D eigenvalue weighted by atomic mass is 10.3. The van der Waals surface area contributed by atoms with Gasteiger partial charge in [-0.15, -0.1) is 0 Å². The van der Waals surface area contributed by atoms with E-state index in [1.165, 1.54) is 11.4 Å². The molecular weight excluding hydrogens is 336 g/mol. The number of nitrogens with one attached hydrogen (secondary N) is 1. The standard InChI is InChI=1S/C10H18N4O4S3/c1-7(4-5-19-3)13(2)21(17,18)9-6-8(14(15)16)10(12-11)20-9/h6-7,12H,4-5,11H2,1-3H3. The second-order valence-corrected chi connectivity index (χ2v) is 8.60. The van der Waals surface area contributed by atoms with Crippen LogP contribution in [0.15, 0.2) is 10.3 Å². The minimum absolute atomic E-state index is 0.0174. The van der Waals surface area contributed by atoms with Gasteiger partial charge in [-0.2, -0.15) is 16.1 Å². The summed E-state index contributed by atoms with van der Waals surface area (Å²) in [7, 11) is -2.30. The fourth-order valence-electron chi connectivity index (χ4n) is 1.57. The third kappa shape index (κ3) is 4.07. The molecule has 0 aromatic carbocycles. The van der Waals surface area contributed by atoms with Gasteiger partial charge < -0.3 is 5.43 Å². The Kier molecular flexibility index (Phi) is 6.41. The lowest BCUT2D eigenvalue weighted by molar-refractivity contribution is -0.383. The minimum atomic E-state index is -3.77. The van der Waals surface area contributed by atoms with E-state index in [0.717, 1.165) is 23.2 Å². The maximum atomic E-state index is 12.5. The number of nitrogen functional groups attached to an aromatic ring is 1. The quantitative estimate of drug-likeness (QED) is 0.414. The van der Waals surface area contributed by atoms with Gasteiger partial charge in [-0.3, -0.25) is 10.1 Å². The molecule has 21 heavy (non-hydrogen) atoms. The largest absolute Gasteiger partial charge is 0.310 e. The van der Waals surface area contributed by atoms with E-state index in [0.29, 0.717) is 6.42 Å². The molecule has 0 saturated carbocycles. The molecule has 1 unspecified atom stereocenters. The molecule has 8 nitrogen and oxygen atoms in total. The predicted molar refractivity (Wildman–Crippen MR) is 86.2 cm³/mol. The molecule has 0 fully saturated rings. The van der Waals surface area contributed by atoms with Crippen LogP contribution in [0.1, 0.15) is 13.3 Å². The van der Waals surface area contributed by atoms with Crippen molar-refractivity contribution < 1.29 is 13.3 Å². The summed E-state index contributed by atoms with van der Waals surface area (Å²) in [6, 6.07) is 0.838. The average molecular weight is 354 g/mol. The molecule has 0 aliphatic heterocycles. The summed E-state index contributed by atoms with van der Waals surface area (Å²) in [6.45, 7) is 1.80. The number of rotatable bonds is 8. The second-order valence-electron chi connectivity index (χ2n) is 4.33. The van der Waals surface area contributed by atoms with Crippen molar-refractivity contribution in [1.29, 1.82) is 0 Å². The van der Waals surface area contributed by atoms with Gasteiger partial charge in [0.25, 0.3) is 10.0 Å². The molecule has 0 spiro atoms. The van der Waals surface area contributed by atoms with E-state index in [4.69, 9.17) is 5.84 Å². The first-order valence-corrected chi connectivity index (χ1v) is 9.62. The number of hydrazine groups is 1. The normalized spacial score (nSPS) is 13.4. The highest BCUT2D eigenvalue weighted by Crippen LogP contribution is 2.37. The van der Waals surface area contributed by atoms with Gasteiger partial charge in [0.1, 0.15) is 4.21 Å². The number of nitrogens with two attached hydrogens (primary N) is 1. The summed E-state index contributed by atoms with van der Waals surface area (Å²) in [5.74, 6) is 6.03. The Hall–Kier alpha value is -0.880. The summed E-state index contributed by atoms with van der Waals surface area (Å²) >= 11 is 2.38. The van der Waals surface area contributed by atoms with Gasteiger partial charge in [-0.1, -0.05) is 11.3 Å². The van der Waals surface area contributed by atoms with Crippen molar-refractivity contribution in [3.8, 4) is 0 Å². The van der Waals surface area contributed by atoms with E-state index in [1.807, 2.05) is 6.26 Å². The summed E-state index contributed by atoms with van der Waals surface area (Å²) in [5, 5.41) is 10.9. The van der Waals surface area contributed by atoms with E-state index >= 15 is 0 Å². The van der Waals surface area contributed by atoms with Crippen LogP contribution in [0, 0.1) is 10.1 Å². The summed E-state index contributed by atoms with van der Waals surface area (Å²) in [5.41, 5.74) is 1.82. The zero-order chi connectivity index (χ0) is 16.2. The maximum absolute atomic E-state index is 12.5. The van der Waals surface area contributed by atoms with Crippen LogP contribution < -0.4 is 11.3 Å². The Balaban J connectivity index is 3.10. The Bertz CT molecular complexity index is 601. The average Bonchev–Trinajstić information content (AvgIpc) is 2.88. The molecule has 0 radical (unpaired) electrons. The molecule has 0 aliphatic rings.